The molecule has 0 aliphatic carbocycles. The molecule has 0 bridgehead atoms. The van der Waals surface area contributed by atoms with E-state index in [2.05, 4.69) is 4.84 Å². The standard InChI is InChI=1S/CH4NO3/c1-5-2(3)4/h1H3,(H,3,4)/q+1. The quantitative estimate of drug-likeness (QED) is 0.438. The van der Waals surface area contributed by atoms with E-state index in [1.54, 1.807) is 0 Å². The Hall–Kier alpha value is -0.800. The molecule has 0 aromatic carbocycles. The molecule has 0 aliphatic rings. The van der Waals surface area contributed by atoms with Crippen molar-refractivity contribution in [2.75, 3.05) is 7.11 Å². The van der Waals surface area contributed by atoms with Crippen LogP contribution in [0.15, 0.2) is 0 Å². The van der Waals surface area contributed by atoms with E-state index in [4.69, 9.17) is 10.1 Å². The molecule has 0 rings (SSSR count). The van der Waals surface area contributed by atoms with Gasteiger partial charge >= 0.3 is 5.09 Å². The first-order valence-corrected chi connectivity index (χ1v) is 0.973. The molecule has 0 amide bonds. The van der Waals surface area contributed by atoms with Gasteiger partial charge in [0.1, 0.15) is 4.91 Å². The Morgan fingerprint density at radius 3 is 2.20 bits per heavy atom. The summed E-state index contributed by atoms with van der Waals surface area (Å²) in [7, 11) is 1.06. The van der Waals surface area contributed by atoms with Gasteiger partial charge in [-0.15, -0.1) is 0 Å². The van der Waals surface area contributed by atoms with E-state index in [9.17, 15) is 0 Å². The lowest BCUT2D eigenvalue weighted by molar-refractivity contribution is -0.971. The van der Waals surface area contributed by atoms with Crippen molar-refractivity contribution in [3.63, 3.8) is 0 Å². The predicted octanol–water partition coefficient (Wildman–Crippen LogP) is -0.284. The zero-order valence-corrected chi connectivity index (χ0v) is 2.71. The highest BCUT2D eigenvalue weighted by Gasteiger charge is 1.90. The summed E-state index contributed by atoms with van der Waals surface area (Å²) in [4.78, 5) is 12.6. The van der Waals surface area contributed by atoms with E-state index >= 15 is 0 Å². The van der Waals surface area contributed by atoms with Crippen LogP contribution in [0.2, 0.25) is 0 Å². The van der Waals surface area contributed by atoms with Crippen LogP contribution in [0.3, 0.4) is 0 Å². The van der Waals surface area contributed by atoms with Crippen molar-refractivity contribution in [3.05, 3.63) is 4.91 Å². The van der Waals surface area contributed by atoms with Crippen LogP contribution in [0.4, 0.5) is 0 Å². The maximum absolute atomic E-state index is 9.06. The van der Waals surface area contributed by atoms with Gasteiger partial charge in [-0.2, -0.15) is 4.84 Å². The third-order valence-electron chi connectivity index (χ3n) is 0.156. The summed E-state index contributed by atoms with van der Waals surface area (Å²) in [5, 5.41) is 6.79. The van der Waals surface area contributed by atoms with Gasteiger partial charge in [-0.25, -0.2) is 5.21 Å². The van der Waals surface area contributed by atoms with Gasteiger partial charge in [-0.05, 0) is 0 Å². The topological polar surface area (TPSA) is 49.5 Å². The van der Waals surface area contributed by atoms with Gasteiger partial charge < -0.3 is 0 Å². The molecule has 5 heavy (non-hydrogen) atoms. The first-order valence-electron chi connectivity index (χ1n) is 0.973. The van der Waals surface area contributed by atoms with Crippen molar-refractivity contribution in [2.45, 2.75) is 0 Å². The molecule has 0 heterocycles. The van der Waals surface area contributed by atoms with E-state index in [-0.39, 0.29) is 0 Å². The third-order valence-corrected chi connectivity index (χ3v) is 0.156. The zero-order valence-electron chi connectivity index (χ0n) is 2.71. The van der Waals surface area contributed by atoms with Crippen molar-refractivity contribution in [1.82, 2.24) is 0 Å². The maximum Gasteiger partial charge on any atom is 0.474 e. The highest BCUT2D eigenvalue weighted by molar-refractivity contribution is 3.59. The Bertz CT molecular complexity index is 42.2. The number of nitrogens with zero attached hydrogens (tertiary/aromatic N) is 1. The Balaban J connectivity index is 2.85. The van der Waals surface area contributed by atoms with E-state index < -0.39 is 5.09 Å². The Morgan fingerprint density at radius 1 is 2.00 bits per heavy atom. The second kappa shape index (κ2) is 1.51. The lowest BCUT2D eigenvalue weighted by Gasteiger charge is -1.63. The number of rotatable bonds is 1. The van der Waals surface area contributed by atoms with Crippen LogP contribution >= 0.6 is 0 Å². The molecule has 0 radical (unpaired) electrons. The average Bonchev–Trinajstić information content (AvgIpc) is 1.38. The molecule has 0 unspecified atom stereocenters. The highest BCUT2D eigenvalue weighted by Crippen LogP contribution is 1.53. The fourth-order valence-corrected chi connectivity index (χ4v) is 0. The summed E-state index contributed by atoms with van der Waals surface area (Å²) in [5.74, 6) is 0. The molecule has 4 heteroatoms. The van der Waals surface area contributed by atoms with Crippen LogP contribution in [0.25, 0.3) is 0 Å². The predicted molar refractivity (Wildman–Crippen MR) is 12.4 cm³/mol. The van der Waals surface area contributed by atoms with Crippen LogP contribution in [-0.4, -0.2) is 17.4 Å². The minimum absolute atomic E-state index is 0.625. The van der Waals surface area contributed by atoms with Crippen LogP contribution in [0.5, 0.6) is 0 Å². The minimum Gasteiger partial charge on any atom is -0.200 e. The molecule has 0 aromatic heterocycles. The van der Waals surface area contributed by atoms with Crippen molar-refractivity contribution < 1.29 is 15.1 Å². The molecule has 0 spiro atoms. The highest BCUT2D eigenvalue weighted by atomic mass is 16.9. The van der Waals surface area contributed by atoms with Gasteiger partial charge in [-0.1, -0.05) is 0 Å². The van der Waals surface area contributed by atoms with Crippen molar-refractivity contribution in [3.8, 4) is 0 Å². The SMILES string of the molecule is CO[N+](=O)O. The van der Waals surface area contributed by atoms with Gasteiger partial charge in [0.2, 0.25) is 0 Å². The molecule has 0 saturated heterocycles. The first kappa shape index (κ1) is 4.20. The molecular formula is CH4NO3+. The van der Waals surface area contributed by atoms with Crippen molar-refractivity contribution in [2.24, 2.45) is 0 Å². The van der Waals surface area contributed by atoms with Crippen molar-refractivity contribution >= 4 is 0 Å². The molecule has 0 aromatic rings. The van der Waals surface area contributed by atoms with E-state index in [0.29, 0.717) is 0 Å². The van der Waals surface area contributed by atoms with Gasteiger partial charge in [0.05, 0.1) is 0 Å². The lowest BCUT2D eigenvalue weighted by Crippen LogP contribution is -1.95. The molecule has 0 aliphatic heterocycles. The first-order chi connectivity index (χ1) is 2.27. The molecule has 30 valence electrons. The summed E-state index contributed by atoms with van der Waals surface area (Å²) in [6.07, 6.45) is 0. The molecule has 0 fully saturated rings. The van der Waals surface area contributed by atoms with Crippen molar-refractivity contribution in [1.29, 1.82) is 0 Å². The van der Waals surface area contributed by atoms with Crippen LogP contribution in [-0.2, 0) is 4.84 Å². The Morgan fingerprint density at radius 2 is 2.20 bits per heavy atom. The molecule has 0 atom stereocenters. The van der Waals surface area contributed by atoms with Gasteiger partial charge in [0.15, 0.2) is 7.11 Å². The Labute approximate surface area is 28.5 Å². The summed E-state index contributed by atoms with van der Waals surface area (Å²) < 4.78 is 0. The van der Waals surface area contributed by atoms with Crippen LogP contribution < -0.4 is 0 Å². The van der Waals surface area contributed by atoms with E-state index in [0.717, 1.165) is 7.11 Å². The van der Waals surface area contributed by atoms with E-state index in [1.807, 2.05) is 0 Å². The van der Waals surface area contributed by atoms with Crippen LogP contribution in [0, 0.1) is 4.91 Å². The maximum atomic E-state index is 9.06. The number of hydrogen-bond donors (Lipinski definition) is 1. The normalized spacial score (nSPS) is 6.60. The molecular weight excluding hydrogens is 74.0 g/mol. The average molecular weight is 78.0 g/mol. The van der Waals surface area contributed by atoms with Crippen LogP contribution in [0.1, 0.15) is 0 Å². The summed E-state index contributed by atoms with van der Waals surface area (Å²) in [6.45, 7) is 0. The summed E-state index contributed by atoms with van der Waals surface area (Å²) >= 11 is 0. The second-order valence-corrected chi connectivity index (χ2v) is 0.420. The largest absolute Gasteiger partial charge is 0.474 e. The minimum atomic E-state index is -0.625. The fraction of sp³-hybridized carbons (Fsp3) is 1.00. The molecule has 0 saturated carbocycles. The summed E-state index contributed by atoms with van der Waals surface area (Å²) in [6, 6.07) is 0. The molecule has 4 nitrogen and oxygen atoms in total. The van der Waals surface area contributed by atoms with Gasteiger partial charge in [0.25, 0.3) is 0 Å². The van der Waals surface area contributed by atoms with Gasteiger partial charge in [0, 0.05) is 0 Å². The number of hydrogen-bond acceptors (Lipinski definition) is 2. The molecule has 1 N–H and O–H groups in total. The third kappa shape index (κ3) is 3.20. The van der Waals surface area contributed by atoms with E-state index in [1.165, 1.54) is 0 Å². The second-order valence-electron chi connectivity index (χ2n) is 0.420. The fourth-order valence-electron chi connectivity index (χ4n) is 0. The monoisotopic (exact) mass is 78.0 g/mol. The summed E-state index contributed by atoms with van der Waals surface area (Å²) in [5.41, 5.74) is 0. The smallest absolute Gasteiger partial charge is 0.200 e. The van der Waals surface area contributed by atoms with Gasteiger partial charge in [-0.3, -0.25) is 0 Å². The Kier molecular flexibility index (Phi) is 1.27. The zero-order chi connectivity index (χ0) is 4.28. The lowest BCUT2D eigenvalue weighted by atomic mass is 11.7.